The number of anilines is 1. The van der Waals surface area contributed by atoms with E-state index in [1.54, 1.807) is 37.3 Å². The summed E-state index contributed by atoms with van der Waals surface area (Å²) in [5, 5.41) is 46.4. The Morgan fingerprint density at radius 1 is 0.541 bits per heavy atom. The van der Waals surface area contributed by atoms with Crippen molar-refractivity contribution in [2.45, 2.75) is 171 Å². The Kier molecular flexibility index (Phi) is 49.6. The van der Waals surface area contributed by atoms with Gasteiger partial charge in [0.25, 0.3) is 5.79 Å². The number of nitrogens with one attached hydrogen (secondary N) is 1. The number of carboxylic acid groups (broad SMARTS) is 1. The molecule has 3 aliphatic heterocycles. The molecule has 0 radical (unpaired) electrons. The third kappa shape index (κ3) is 38.0. The minimum atomic E-state index is -3.99. The summed E-state index contributed by atoms with van der Waals surface area (Å²) in [5.74, 6) is -5.26. The number of alkyl halides is 2. The number of cyclic esters (lactones) is 2. The molecule has 0 aliphatic carbocycles. The van der Waals surface area contributed by atoms with Gasteiger partial charge < -0.3 is 68.2 Å². The van der Waals surface area contributed by atoms with Gasteiger partial charge in [0.2, 0.25) is 20.5 Å². The molecule has 34 nitrogen and oxygen atoms in total. The lowest BCUT2D eigenvalue weighted by atomic mass is 9.94. The van der Waals surface area contributed by atoms with E-state index in [4.69, 9.17) is 42.9 Å². The van der Waals surface area contributed by atoms with Gasteiger partial charge in [-0.3, -0.25) is 71.7 Å². The van der Waals surface area contributed by atoms with Crippen molar-refractivity contribution in [1.82, 2.24) is 0 Å². The molecule has 0 amide bonds. The van der Waals surface area contributed by atoms with Gasteiger partial charge in [-0.2, -0.15) is 0 Å². The van der Waals surface area contributed by atoms with E-state index in [1.807, 2.05) is 0 Å². The van der Waals surface area contributed by atoms with Gasteiger partial charge in [0, 0.05) is 42.5 Å². The van der Waals surface area contributed by atoms with Crippen molar-refractivity contribution in [3.8, 4) is 0 Å². The first-order valence-electron chi connectivity index (χ1n) is 32.7. The Labute approximate surface area is 652 Å². The zero-order chi connectivity index (χ0) is 85.7. The third-order valence-electron chi connectivity index (χ3n) is 15.0. The lowest BCUT2D eigenvalue weighted by Crippen LogP contribution is -2.41. The molecule has 3 aliphatic rings. The quantitative estimate of drug-likeness (QED) is 0.0139. The van der Waals surface area contributed by atoms with Crippen molar-refractivity contribution in [1.29, 1.82) is 0 Å². The molecule has 3 heterocycles. The predicted octanol–water partition coefficient (Wildman–Crippen LogP) is 8.02. The van der Waals surface area contributed by atoms with Crippen LogP contribution in [0.4, 0.5) is 14.5 Å². The van der Waals surface area contributed by atoms with Crippen molar-refractivity contribution in [3.05, 3.63) is 30.3 Å². The Bertz CT molecular complexity index is 3160. The van der Waals surface area contributed by atoms with Gasteiger partial charge in [-0.15, -0.1) is 9.05 Å². The van der Waals surface area contributed by atoms with Crippen molar-refractivity contribution in [3.63, 3.8) is 0 Å². The van der Waals surface area contributed by atoms with Crippen LogP contribution >= 0.6 is 70.8 Å². The van der Waals surface area contributed by atoms with Crippen LogP contribution in [0.1, 0.15) is 117 Å². The largest absolute Gasteiger partial charge is 0.504 e. The number of benzene rings is 1. The molecule has 0 bridgehead atoms. The summed E-state index contributed by atoms with van der Waals surface area (Å²) < 4.78 is 125. The number of carboxylic acids is 1. The smallest absolute Gasteiger partial charge is 0.480 e. The molecular weight excluding hydrogens is 1590 g/mol. The third-order valence-corrected chi connectivity index (χ3v) is 22.2. The zero-order valence-electron chi connectivity index (χ0n) is 65.5. The van der Waals surface area contributed by atoms with Crippen LogP contribution in [-0.4, -0.2) is 259 Å². The van der Waals surface area contributed by atoms with Crippen LogP contribution in [0, 0.1) is 27.1 Å². The molecule has 3 saturated heterocycles. The van der Waals surface area contributed by atoms with Gasteiger partial charge in [-0.05, 0) is 118 Å². The number of halogens is 2. The second kappa shape index (κ2) is 50.1. The Morgan fingerprint density at radius 3 is 1.11 bits per heavy atom. The number of ether oxygens (including phenoxy) is 9. The molecular formula is C66H108F2NO33P3S4+2. The number of methoxy groups -OCH3 is 5. The number of aliphatic hydroxyl groups is 4. The average molecular weight is 1700 g/mol. The van der Waals surface area contributed by atoms with Crippen molar-refractivity contribution < 1.29 is 166 Å². The number of rotatable bonds is 30. The molecule has 0 saturated carbocycles. The van der Waals surface area contributed by atoms with Crippen LogP contribution in [0.2, 0.25) is 0 Å². The number of hydrogen-bond acceptors (Lipinski definition) is 36. The summed E-state index contributed by atoms with van der Waals surface area (Å²) in [5.41, 5.74) is -9.49. The molecule has 11 atom stereocenters. The van der Waals surface area contributed by atoms with Crippen LogP contribution in [0.5, 0.6) is 0 Å². The van der Waals surface area contributed by atoms with Gasteiger partial charge in [-0.25, -0.2) is 13.3 Å². The zero-order valence-corrected chi connectivity index (χ0v) is 71.5. The van der Waals surface area contributed by atoms with Crippen molar-refractivity contribution in [2.24, 2.45) is 27.1 Å². The first kappa shape index (κ1) is 108. The highest BCUT2D eigenvalue weighted by molar-refractivity contribution is 8.14. The number of carbonyl (C=O) groups excluding carboxylic acids is 11. The lowest BCUT2D eigenvalue weighted by Gasteiger charge is -2.28. The molecule has 0 spiro atoms. The predicted molar refractivity (Wildman–Crippen MR) is 400 cm³/mol. The number of aliphatic hydroxyl groups excluding tert-OH is 4. The van der Waals surface area contributed by atoms with Gasteiger partial charge in [0.15, 0.2) is 30.1 Å². The number of hydrogen-bond donors (Lipinski definition) is 6. The van der Waals surface area contributed by atoms with Gasteiger partial charge in [-0.1, -0.05) is 65.2 Å². The van der Waals surface area contributed by atoms with Gasteiger partial charge in [0.1, 0.15) is 65.7 Å². The monoisotopic (exact) mass is 1700 g/mol. The van der Waals surface area contributed by atoms with Gasteiger partial charge >= 0.3 is 71.6 Å². The Balaban J connectivity index is -0.00000127. The SMILES string of the molecule is CC1(C)OC(=O)CC(=O)O1.COC(=O)C(C)(C)C(=O)O.COC(=O)C(C)(C)C(=O)SCCO.COC(=O)C(C)(C)C(=O)SCCOP(=O)(Nc1ccccc1)OC[C@H]1O[C@@H](C)[C@](C)(F)[C@@H]1O.COC(=O)C(C)(C)C(=O)SCCO[P+](C)=O.COC(=O)C(C)(C)C(=O)SCCO[P+](C)=O.C[C@@H]1O[C@H](CO)[C@@H](O)[C@@]1(C)F. The summed E-state index contributed by atoms with van der Waals surface area (Å²) in [4.78, 5) is 135. The van der Waals surface area contributed by atoms with E-state index in [-0.39, 0.29) is 67.2 Å². The fourth-order valence-electron chi connectivity index (χ4n) is 7.57. The molecule has 4 rings (SSSR count). The standard InChI is InChI=1S/C21H31FNO8PS.2C9H16O5PS.C8H14O4S.C7H13FO3.C6H8O4.C6H10O4/c1-14-21(4,22)17(24)16(31-14)13-30-32(27,23-15-9-7-6-8-10-15)29-11-12-33-19(26)20(2,3)18(25)28-5;2*1-9(2,7(10)13-3)8(11)16-6-5-14-15(4)12;1-8(2,6(10)12-3)7(11)13-5-4-9;1-4-7(2,8)6(10)5(3-9)11-4;1-6(2)9-4(7)3-5(8)10-6;1-6(2,4(7)8)5(9)10-3/h6-10,14,16-17,24H,11-13H2,1-5H3,(H,23,27);2*5-6H2,1-4H3;9H,4-5H2,1-3H3;4-6,9-10H,3H2,1-2H3;3H2,1-2H3;1-3H3,(H,7,8)/q;2*+1;;;;/t14-,16+,17+,21-,32?;;;;4-,5+,6+,7-;;/m0...0../s1. The van der Waals surface area contributed by atoms with Crippen LogP contribution in [0.3, 0.4) is 0 Å². The second-order valence-electron chi connectivity index (χ2n) is 26.3. The molecule has 626 valence electrons. The summed E-state index contributed by atoms with van der Waals surface area (Å²) in [6, 6.07) is 8.51. The molecule has 1 aromatic rings. The van der Waals surface area contributed by atoms with Crippen LogP contribution in [-0.2, 0) is 132 Å². The molecule has 3 unspecified atom stereocenters. The summed E-state index contributed by atoms with van der Waals surface area (Å²) in [6.07, 6.45) is -6.31. The molecule has 3 fully saturated rings. The van der Waals surface area contributed by atoms with E-state index in [1.165, 1.54) is 146 Å². The highest BCUT2D eigenvalue weighted by atomic mass is 32.2. The van der Waals surface area contributed by atoms with E-state index in [9.17, 15) is 90.2 Å². The molecule has 0 aromatic heterocycles. The number of para-hydroxylation sites is 1. The number of aliphatic carboxylic acids is 1. The fraction of sp³-hybridized carbons (Fsp3) is 0.727. The second-order valence-corrected chi connectivity index (χ2v) is 34.6. The number of thioether (sulfide) groups is 4. The molecule has 109 heavy (non-hydrogen) atoms. The minimum Gasteiger partial charge on any atom is -0.480 e. The summed E-state index contributed by atoms with van der Waals surface area (Å²) in [6.45, 7) is 25.5. The molecule has 1 aromatic carbocycles. The maximum Gasteiger partial charge on any atom is 0.504 e. The molecule has 6 N–H and O–H groups in total. The van der Waals surface area contributed by atoms with Crippen molar-refractivity contribution in [2.75, 3.05) is 117 Å². The lowest BCUT2D eigenvalue weighted by molar-refractivity contribution is -0.231. The van der Waals surface area contributed by atoms with Crippen LogP contribution in [0.15, 0.2) is 30.3 Å². The first-order valence-corrected chi connectivity index (χ1v) is 41.4. The highest BCUT2D eigenvalue weighted by Crippen LogP contribution is 2.49. The van der Waals surface area contributed by atoms with Gasteiger partial charge in [0.05, 0.1) is 74.2 Å². The minimum absolute atomic E-state index is 0.0757. The van der Waals surface area contributed by atoms with Crippen molar-refractivity contribution >= 4 is 145 Å². The molecule has 43 heteroatoms. The van der Waals surface area contributed by atoms with E-state index >= 15 is 0 Å². The maximum atomic E-state index is 14.5. The maximum absolute atomic E-state index is 14.5. The number of carbonyl (C=O) groups is 12. The van der Waals surface area contributed by atoms with Crippen LogP contribution in [0.25, 0.3) is 0 Å². The van der Waals surface area contributed by atoms with E-state index in [2.05, 4.69) is 38.2 Å². The summed E-state index contributed by atoms with van der Waals surface area (Å²) >= 11 is 3.72. The van der Waals surface area contributed by atoms with E-state index in [0.717, 1.165) is 54.2 Å². The number of esters is 7. The Hall–Kier alpha value is -5.25. The fourth-order valence-corrected chi connectivity index (χ4v) is 13.1. The average Bonchev–Trinajstić information content (AvgIpc) is 1.66. The van der Waals surface area contributed by atoms with Crippen LogP contribution < -0.4 is 5.09 Å². The highest BCUT2D eigenvalue weighted by Gasteiger charge is 2.53. The first-order chi connectivity index (χ1) is 49.8. The van der Waals surface area contributed by atoms with E-state index < -0.39 is 157 Å². The summed E-state index contributed by atoms with van der Waals surface area (Å²) in [7, 11) is -1.18. The topological polar surface area (TPSA) is 489 Å². The Morgan fingerprint density at radius 2 is 0.853 bits per heavy atom. The van der Waals surface area contributed by atoms with E-state index in [0.29, 0.717) is 22.9 Å². The normalized spacial score (nSPS) is 21.4.